The van der Waals surface area contributed by atoms with Gasteiger partial charge in [0.25, 0.3) is 0 Å². The zero-order valence-electron chi connectivity index (χ0n) is 8.48. The lowest BCUT2D eigenvalue weighted by molar-refractivity contribution is 0.136. The van der Waals surface area contributed by atoms with Crippen molar-refractivity contribution in [2.45, 2.75) is 31.4 Å². The fourth-order valence-corrected chi connectivity index (χ4v) is 2.09. The molecule has 78 valence electrons. The van der Waals surface area contributed by atoms with E-state index in [0.29, 0.717) is 5.56 Å². The summed E-state index contributed by atoms with van der Waals surface area (Å²) in [6, 6.07) is 7.30. The van der Waals surface area contributed by atoms with Crippen LogP contribution in [0.4, 0.5) is 0 Å². The standard InChI is InChI=1S/C12H14N2O/c13-7-8-4-5-9-2-1-3-11(15)12(14)10(9)6-8/h4-6,11-12,15H,1-3,14H2/t11-,12-/m0/s1. The van der Waals surface area contributed by atoms with Gasteiger partial charge in [-0.2, -0.15) is 5.26 Å². The highest BCUT2D eigenvalue weighted by Crippen LogP contribution is 2.27. The van der Waals surface area contributed by atoms with Crippen LogP contribution < -0.4 is 5.73 Å². The predicted molar refractivity (Wildman–Crippen MR) is 57.0 cm³/mol. The molecule has 3 nitrogen and oxygen atoms in total. The minimum absolute atomic E-state index is 0.351. The van der Waals surface area contributed by atoms with E-state index < -0.39 is 6.10 Å². The van der Waals surface area contributed by atoms with Crippen molar-refractivity contribution in [1.29, 1.82) is 5.26 Å². The summed E-state index contributed by atoms with van der Waals surface area (Å²) in [5.74, 6) is 0. The minimum atomic E-state index is -0.486. The Morgan fingerprint density at radius 3 is 3.00 bits per heavy atom. The smallest absolute Gasteiger partial charge is 0.0991 e. The lowest BCUT2D eigenvalue weighted by Gasteiger charge is -2.17. The van der Waals surface area contributed by atoms with E-state index in [1.165, 1.54) is 0 Å². The average Bonchev–Trinajstić information content (AvgIpc) is 2.40. The predicted octanol–water partition coefficient (Wildman–Crippen LogP) is 1.26. The molecule has 0 aromatic heterocycles. The molecule has 15 heavy (non-hydrogen) atoms. The molecular formula is C12H14N2O. The summed E-state index contributed by atoms with van der Waals surface area (Å²) in [7, 11) is 0. The van der Waals surface area contributed by atoms with Gasteiger partial charge in [-0.15, -0.1) is 0 Å². The molecule has 0 saturated heterocycles. The quantitative estimate of drug-likeness (QED) is 0.622. The maximum atomic E-state index is 9.76. The highest BCUT2D eigenvalue weighted by molar-refractivity contribution is 5.40. The molecule has 0 heterocycles. The third-order valence-electron chi connectivity index (χ3n) is 2.99. The number of aryl methyl sites for hydroxylation is 1. The van der Waals surface area contributed by atoms with Gasteiger partial charge in [0.05, 0.1) is 23.8 Å². The number of hydrogen-bond donors (Lipinski definition) is 2. The molecular weight excluding hydrogens is 188 g/mol. The molecule has 3 N–H and O–H groups in total. The summed E-state index contributed by atoms with van der Waals surface area (Å²) in [5, 5.41) is 18.6. The number of rotatable bonds is 0. The number of aliphatic hydroxyl groups is 1. The second-order valence-electron chi connectivity index (χ2n) is 4.01. The van der Waals surface area contributed by atoms with Gasteiger partial charge in [0, 0.05) is 0 Å². The molecule has 0 bridgehead atoms. The SMILES string of the molecule is N#Cc1ccc2c(c1)[C@H](N)[C@@H](O)CCC2. The van der Waals surface area contributed by atoms with Crippen molar-refractivity contribution < 1.29 is 5.11 Å². The van der Waals surface area contributed by atoms with Gasteiger partial charge in [-0.1, -0.05) is 6.07 Å². The maximum Gasteiger partial charge on any atom is 0.0991 e. The van der Waals surface area contributed by atoms with Crippen molar-refractivity contribution in [3.63, 3.8) is 0 Å². The van der Waals surface area contributed by atoms with E-state index in [2.05, 4.69) is 6.07 Å². The van der Waals surface area contributed by atoms with Crippen LogP contribution in [0.2, 0.25) is 0 Å². The third kappa shape index (κ3) is 1.87. The van der Waals surface area contributed by atoms with Crippen LogP contribution in [-0.2, 0) is 6.42 Å². The van der Waals surface area contributed by atoms with Crippen LogP contribution in [-0.4, -0.2) is 11.2 Å². The second kappa shape index (κ2) is 4.01. The van der Waals surface area contributed by atoms with Crippen molar-refractivity contribution in [2.75, 3.05) is 0 Å². The molecule has 2 rings (SSSR count). The normalized spacial score (nSPS) is 25.1. The van der Waals surface area contributed by atoms with Crippen LogP contribution in [0.25, 0.3) is 0 Å². The molecule has 0 amide bonds. The molecule has 0 saturated carbocycles. The van der Waals surface area contributed by atoms with Gasteiger partial charge in [0.2, 0.25) is 0 Å². The number of nitrogens with zero attached hydrogens (tertiary/aromatic N) is 1. The van der Waals surface area contributed by atoms with Crippen molar-refractivity contribution in [1.82, 2.24) is 0 Å². The van der Waals surface area contributed by atoms with E-state index in [4.69, 9.17) is 11.0 Å². The summed E-state index contributed by atoms with van der Waals surface area (Å²) in [6.45, 7) is 0. The minimum Gasteiger partial charge on any atom is -0.391 e. The average molecular weight is 202 g/mol. The molecule has 1 aliphatic rings. The number of nitrogens with two attached hydrogens (primary N) is 1. The van der Waals surface area contributed by atoms with Gasteiger partial charge >= 0.3 is 0 Å². The molecule has 1 aromatic rings. The van der Waals surface area contributed by atoms with Crippen molar-refractivity contribution in [3.8, 4) is 6.07 Å². The Morgan fingerprint density at radius 1 is 1.47 bits per heavy atom. The molecule has 3 heteroatoms. The largest absolute Gasteiger partial charge is 0.391 e. The summed E-state index contributed by atoms with van der Waals surface area (Å²) in [6.07, 6.45) is 2.14. The van der Waals surface area contributed by atoms with Crippen LogP contribution in [0.1, 0.15) is 35.6 Å². The molecule has 2 atom stereocenters. The lowest BCUT2D eigenvalue weighted by Crippen LogP contribution is -2.25. The Bertz CT molecular complexity index is 409. The third-order valence-corrected chi connectivity index (χ3v) is 2.99. The van der Waals surface area contributed by atoms with Gasteiger partial charge in [-0.05, 0) is 42.5 Å². The molecule has 0 spiro atoms. The fourth-order valence-electron chi connectivity index (χ4n) is 2.09. The Labute approximate surface area is 89.1 Å². The second-order valence-corrected chi connectivity index (χ2v) is 4.01. The van der Waals surface area contributed by atoms with E-state index >= 15 is 0 Å². The zero-order valence-corrected chi connectivity index (χ0v) is 8.48. The number of hydrogen-bond acceptors (Lipinski definition) is 3. The number of fused-ring (bicyclic) bond motifs is 1. The lowest BCUT2D eigenvalue weighted by atomic mass is 9.96. The van der Waals surface area contributed by atoms with Crippen molar-refractivity contribution >= 4 is 0 Å². The van der Waals surface area contributed by atoms with E-state index in [0.717, 1.165) is 30.4 Å². The van der Waals surface area contributed by atoms with Gasteiger partial charge in [-0.3, -0.25) is 0 Å². The zero-order chi connectivity index (χ0) is 10.8. The van der Waals surface area contributed by atoms with Gasteiger partial charge in [-0.25, -0.2) is 0 Å². The van der Waals surface area contributed by atoms with Crippen LogP contribution in [0.15, 0.2) is 18.2 Å². The first kappa shape index (κ1) is 10.2. The molecule has 0 unspecified atom stereocenters. The fraction of sp³-hybridized carbons (Fsp3) is 0.417. The van der Waals surface area contributed by atoms with E-state index in [-0.39, 0.29) is 6.04 Å². The van der Waals surface area contributed by atoms with Crippen LogP contribution in [0.3, 0.4) is 0 Å². The van der Waals surface area contributed by atoms with Crippen LogP contribution in [0.5, 0.6) is 0 Å². The Kier molecular flexibility index (Phi) is 2.72. The van der Waals surface area contributed by atoms with E-state index in [1.807, 2.05) is 12.1 Å². The van der Waals surface area contributed by atoms with E-state index in [1.54, 1.807) is 6.07 Å². The molecule has 0 aliphatic heterocycles. The molecule has 1 aliphatic carbocycles. The summed E-state index contributed by atoms with van der Waals surface area (Å²) in [4.78, 5) is 0. The highest BCUT2D eigenvalue weighted by Gasteiger charge is 2.22. The first-order chi connectivity index (χ1) is 7.22. The number of nitriles is 1. The van der Waals surface area contributed by atoms with Crippen LogP contribution in [0, 0.1) is 11.3 Å². The molecule has 1 aromatic carbocycles. The first-order valence-corrected chi connectivity index (χ1v) is 5.19. The van der Waals surface area contributed by atoms with Crippen LogP contribution >= 0.6 is 0 Å². The highest BCUT2D eigenvalue weighted by atomic mass is 16.3. The summed E-state index contributed by atoms with van der Waals surface area (Å²) < 4.78 is 0. The molecule has 0 fully saturated rings. The topological polar surface area (TPSA) is 70.0 Å². The number of aliphatic hydroxyl groups excluding tert-OH is 1. The summed E-state index contributed by atoms with van der Waals surface area (Å²) >= 11 is 0. The Balaban J connectivity index is 2.47. The Hall–Kier alpha value is -1.37. The Morgan fingerprint density at radius 2 is 2.27 bits per heavy atom. The number of benzene rings is 1. The van der Waals surface area contributed by atoms with Gasteiger partial charge in [0.1, 0.15) is 0 Å². The monoisotopic (exact) mass is 202 g/mol. The first-order valence-electron chi connectivity index (χ1n) is 5.19. The summed E-state index contributed by atoms with van der Waals surface area (Å²) in [5.41, 5.74) is 8.66. The molecule has 0 radical (unpaired) electrons. The maximum absolute atomic E-state index is 9.76. The van der Waals surface area contributed by atoms with Crippen molar-refractivity contribution in [3.05, 3.63) is 34.9 Å². The van der Waals surface area contributed by atoms with Crippen molar-refractivity contribution in [2.24, 2.45) is 5.73 Å². The van der Waals surface area contributed by atoms with Gasteiger partial charge in [0.15, 0.2) is 0 Å². The van der Waals surface area contributed by atoms with E-state index in [9.17, 15) is 5.11 Å². The van der Waals surface area contributed by atoms with Gasteiger partial charge < -0.3 is 10.8 Å².